The first-order valence-corrected chi connectivity index (χ1v) is 5.95. The average molecular weight is 236 g/mol. The van der Waals surface area contributed by atoms with Gasteiger partial charge in [-0.1, -0.05) is 0 Å². The Balaban J connectivity index is 1.94. The fourth-order valence-electron chi connectivity index (χ4n) is 1.59. The molecule has 1 aliphatic heterocycles. The second kappa shape index (κ2) is 5.79. The molecule has 1 aromatic rings. The Morgan fingerprint density at radius 3 is 3.00 bits per heavy atom. The molecule has 0 radical (unpaired) electrons. The normalized spacial score (nSPS) is 15.4. The van der Waals surface area contributed by atoms with E-state index < -0.39 is 0 Å². The Hall–Kier alpha value is -1.40. The van der Waals surface area contributed by atoms with E-state index in [1.54, 1.807) is 6.20 Å². The van der Waals surface area contributed by atoms with Crippen LogP contribution in [0.2, 0.25) is 0 Å². The maximum absolute atomic E-state index is 4.50. The average Bonchev–Trinajstić information content (AvgIpc) is 2.31. The summed E-state index contributed by atoms with van der Waals surface area (Å²) in [5.74, 6) is 1.66. The van der Waals surface area contributed by atoms with Gasteiger partial charge in [0.1, 0.15) is 5.82 Å². The minimum absolute atomic E-state index is 0.500. The number of nitrogens with zero attached hydrogens (tertiary/aromatic N) is 3. The van der Waals surface area contributed by atoms with E-state index in [0.717, 1.165) is 37.9 Å². The van der Waals surface area contributed by atoms with Crippen molar-refractivity contribution in [1.82, 2.24) is 20.6 Å². The van der Waals surface area contributed by atoms with Crippen molar-refractivity contribution in [3.63, 3.8) is 0 Å². The number of aromatic nitrogens is 2. The van der Waals surface area contributed by atoms with Gasteiger partial charge >= 0.3 is 0 Å². The Morgan fingerprint density at radius 2 is 2.35 bits per heavy atom. The largest absolute Gasteiger partial charge is 0.365 e. The predicted octanol–water partition coefficient (Wildman–Crippen LogP) is -0.484. The van der Waals surface area contributed by atoms with Crippen molar-refractivity contribution in [3.8, 4) is 0 Å². The minimum atomic E-state index is 0.500. The summed E-state index contributed by atoms with van der Waals surface area (Å²) >= 11 is 0. The first-order chi connectivity index (χ1) is 8.29. The van der Waals surface area contributed by atoms with Crippen molar-refractivity contribution in [1.29, 1.82) is 0 Å². The quantitative estimate of drug-likeness (QED) is 0.620. The summed E-state index contributed by atoms with van der Waals surface area (Å²) < 4.78 is 0. The summed E-state index contributed by atoms with van der Waals surface area (Å²) in [6, 6.07) is 2.41. The number of anilines is 2. The van der Waals surface area contributed by atoms with E-state index in [0.29, 0.717) is 6.04 Å². The molecule has 2 heterocycles. The minimum Gasteiger partial charge on any atom is -0.365 e. The summed E-state index contributed by atoms with van der Waals surface area (Å²) in [5, 5.41) is 9.71. The molecule has 0 bridgehead atoms. The summed E-state index contributed by atoms with van der Waals surface area (Å²) in [6.45, 7) is 3.83. The fourth-order valence-corrected chi connectivity index (χ4v) is 1.59. The van der Waals surface area contributed by atoms with Crippen LogP contribution in [0.1, 0.15) is 0 Å². The number of hydrogen-bond donors (Lipinski definition) is 3. The third-order valence-corrected chi connectivity index (χ3v) is 2.81. The van der Waals surface area contributed by atoms with Crippen molar-refractivity contribution >= 4 is 11.8 Å². The lowest BCUT2D eigenvalue weighted by Crippen LogP contribution is -2.51. The molecule has 0 saturated carbocycles. The van der Waals surface area contributed by atoms with Gasteiger partial charge in [0.2, 0.25) is 5.95 Å². The molecule has 94 valence electrons. The second-order valence-electron chi connectivity index (χ2n) is 4.27. The van der Waals surface area contributed by atoms with Crippen molar-refractivity contribution in [2.45, 2.75) is 6.04 Å². The van der Waals surface area contributed by atoms with Gasteiger partial charge in [0.25, 0.3) is 0 Å². The van der Waals surface area contributed by atoms with E-state index in [1.165, 1.54) is 0 Å². The molecule has 3 N–H and O–H groups in total. The Morgan fingerprint density at radius 1 is 1.53 bits per heavy atom. The summed E-state index contributed by atoms with van der Waals surface area (Å²) in [4.78, 5) is 10.8. The van der Waals surface area contributed by atoms with Crippen LogP contribution in [0.4, 0.5) is 11.8 Å². The molecule has 6 heteroatoms. The molecule has 6 nitrogen and oxygen atoms in total. The zero-order chi connectivity index (χ0) is 12.1. The number of likely N-dealkylation sites (N-methyl/N-ethyl adjacent to an activating group) is 2. The molecule has 1 fully saturated rings. The van der Waals surface area contributed by atoms with Crippen LogP contribution in [0, 0.1) is 0 Å². The van der Waals surface area contributed by atoms with Crippen molar-refractivity contribution in [2.75, 3.05) is 50.5 Å². The molecule has 1 aromatic heterocycles. The van der Waals surface area contributed by atoms with Gasteiger partial charge in [-0.25, -0.2) is 4.98 Å². The van der Waals surface area contributed by atoms with Gasteiger partial charge < -0.3 is 20.9 Å². The standard InChI is InChI=1S/C11H20N6/c1-12-5-6-17(2)11-14-4-3-10(16-11)15-9-7-13-8-9/h3-4,9,12-13H,5-8H2,1-2H3,(H,14,15,16). The predicted molar refractivity (Wildman–Crippen MR) is 69.5 cm³/mol. The summed E-state index contributed by atoms with van der Waals surface area (Å²) in [5.41, 5.74) is 0. The van der Waals surface area contributed by atoms with Crippen LogP contribution >= 0.6 is 0 Å². The third-order valence-electron chi connectivity index (χ3n) is 2.81. The first kappa shape index (κ1) is 12.1. The molecule has 0 spiro atoms. The molecular formula is C11H20N6. The lowest BCUT2D eigenvalue weighted by atomic mass is 10.2. The van der Waals surface area contributed by atoms with Gasteiger partial charge in [0.05, 0.1) is 6.04 Å². The molecule has 1 saturated heterocycles. The number of nitrogens with one attached hydrogen (secondary N) is 3. The number of rotatable bonds is 6. The van der Waals surface area contributed by atoms with Crippen LogP contribution in [-0.4, -0.2) is 56.3 Å². The molecule has 0 unspecified atom stereocenters. The monoisotopic (exact) mass is 236 g/mol. The number of hydrogen-bond acceptors (Lipinski definition) is 6. The molecule has 2 rings (SSSR count). The van der Waals surface area contributed by atoms with Crippen molar-refractivity contribution in [2.24, 2.45) is 0 Å². The fraction of sp³-hybridized carbons (Fsp3) is 0.636. The van der Waals surface area contributed by atoms with E-state index in [9.17, 15) is 0 Å². The van der Waals surface area contributed by atoms with Crippen LogP contribution in [0.15, 0.2) is 12.3 Å². The molecule has 0 amide bonds. The lowest BCUT2D eigenvalue weighted by molar-refractivity contribution is 0.471. The Kier molecular flexibility index (Phi) is 4.11. The van der Waals surface area contributed by atoms with Crippen LogP contribution in [-0.2, 0) is 0 Å². The Bertz CT molecular complexity index is 352. The highest BCUT2D eigenvalue weighted by atomic mass is 15.3. The third kappa shape index (κ3) is 3.28. The zero-order valence-corrected chi connectivity index (χ0v) is 10.4. The van der Waals surface area contributed by atoms with E-state index in [2.05, 4.69) is 25.9 Å². The van der Waals surface area contributed by atoms with E-state index >= 15 is 0 Å². The first-order valence-electron chi connectivity index (χ1n) is 5.95. The highest BCUT2D eigenvalue weighted by Crippen LogP contribution is 2.11. The molecule has 17 heavy (non-hydrogen) atoms. The van der Waals surface area contributed by atoms with Gasteiger partial charge in [-0.2, -0.15) is 4.98 Å². The van der Waals surface area contributed by atoms with Gasteiger partial charge in [-0.05, 0) is 13.1 Å². The molecule has 1 aliphatic rings. The highest BCUT2D eigenvalue weighted by molar-refractivity contribution is 5.42. The van der Waals surface area contributed by atoms with E-state index in [1.807, 2.05) is 25.1 Å². The lowest BCUT2D eigenvalue weighted by Gasteiger charge is -2.28. The van der Waals surface area contributed by atoms with Crippen molar-refractivity contribution in [3.05, 3.63) is 12.3 Å². The zero-order valence-electron chi connectivity index (χ0n) is 10.4. The van der Waals surface area contributed by atoms with E-state index in [-0.39, 0.29) is 0 Å². The van der Waals surface area contributed by atoms with Crippen LogP contribution in [0.5, 0.6) is 0 Å². The van der Waals surface area contributed by atoms with Crippen LogP contribution < -0.4 is 20.9 Å². The summed E-state index contributed by atoms with van der Waals surface area (Å²) in [6.07, 6.45) is 1.80. The van der Waals surface area contributed by atoms with Gasteiger partial charge in [-0.3, -0.25) is 0 Å². The maximum atomic E-state index is 4.50. The van der Waals surface area contributed by atoms with Gasteiger partial charge in [0.15, 0.2) is 0 Å². The van der Waals surface area contributed by atoms with Crippen LogP contribution in [0.25, 0.3) is 0 Å². The van der Waals surface area contributed by atoms with Gasteiger partial charge in [-0.15, -0.1) is 0 Å². The molecule has 0 aromatic carbocycles. The Labute approximate surface area is 102 Å². The second-order valence-corrected chi connectivity index (χ2v) is 4.27. The van der Waals surface area contributed by atoms with Gasteiger partial charge in [0, 0.05) is 39.4 Å². The van der Waals surface area contributed by atoms with E-state index in [4.69, 9.17) is 0 Å². The molecule has 0 aliphatic carbocycles. The topological polar surface area (TPSA) is 65.1 Å². The SMILES string of the molecule is CNCCN(C)c1nccc(NC2CNC2)n1. The van der Waals surface area contributed by atoms with Crippen molar-refractivity contribution < 1.29 is 0 Å². The maximum Gasteiger partial charge on any atom is 0.227 e. The summed E-state index contributed by atoms with van der Waals surface area (Å²) in [7, 11) is 3.94. The van der Waals surface area contributed by atoms with Crippen LogP contribution in [0.3, 0.4) is 0 Å². The highest BCUT2D eigenvalue weighted by Gasteiger charge is 2.16. The molecular weight excluding hydrogens is 216 g/mol. The molecule has 0 atom stereocenters. The smallest absolute Gasteiger partial charge is 0.227 e.